The van der Waals surface area contributed by atoms with Gasteiger partial charge in [0.25, 0.3) is 5.91 Å². The van der Waals surface area contributed by atoms with Crippen molar-refractivity contribution in [2.24, 2.45) is 5.92 Å². The zero-order valence-corrected chi connectivity index (χ0v) is 14.8. The van der Waals surface area contributed by atoms with Crippen molar-refractivity contribution >= 4 is 5.91 Å². The van der Waals surface area contributed by atoms with E-state index in [1.165, 1.54) is 12.0 Å². The van der Waals surface area contributed by atoms with Gasteiger partial charge in [-0.15, -0.1) is 0 Å². The molecule has 132 valence electrons. The third-order valence-electron chi connectivity index (χ3n) is 4.78. The van der Waals surface area contributed by atoms with Gasteiger partial charge in [0.15, 0.2) is 0 Å². The number of ether oxygens (including phenoxy) is 1. The molecule has 0 saturated carbocycles. The summed E-state index contributed by atoms with van der Waals surface area (Å²) < 4.78 is 5.93. The van der Waals surface area contributed by atoms with E-state index in [2.05, 4.69) is 23.6 Å². The van der Waals surface area contributed by atoms with Crippen LogP contribution in [0.15, 0.2) is 48.5 Å². The molecule has 1 heterocycles. The molecule has 1 unspecified atom stereocenters. The van der Waals surface area contributed by atoms with Crippen LogP contribution in [-0.2, 0) is 6.61 Å². The van der Waals surface area contributed by atoms with Crippen molar-refractivity contribution in [2.75, 3.05) is 19.6 Å². The molecule has 1 aliphatic rings. The lowest BCUT2D eigenvalue weighted by Gasteiger charge is -2.13. The molecule has 2 aromatic carbocycles. The SMILES string of the molecule is Cc1ccccc1COc1ccccc1C(=O)NCCC1CCNC1. The molecule has 2 N–H and O–H groups in total. The van der Waals surface area contributed by atoms with Gasteiger partial charge in [0.2, 0.25) is 0 Å². The lowest BCUT2D eigenvalue weighted by molar-refractivity contribution is 0.0947. The van der Waals surface area contributed by atoms with Crippen LogP contribution in [0.4, 0.5) is 0 Å². The van der Waals surface area contributed by atoms with Crippen LogP contribution in [0, 0.1) is 12.8 Å². The molecular weight excluding hydrogens is 312 g/mol. The van der Waals surface area contributed by atoms with Gasteiger partial charge in [-0.3, -0.25) is 4.79 Å². The lowest BCUT2D eigenvalue weighted by atomic mass is 10.1. The standard InChI is InChI=1S/C21H26N2O2/c1-16-6-2-3-7-18(16)15-25-20-9-5-4-8-19(20)21(24)23-13-11-17-10-12-22-14-17/h2-9,17,22H,10-15H2,1H3,(H,23,24). The molecule has 1 saturated heterocycles. The maximum atomic E-state index is 12.5. The Labute approximate surface area is 149 Å². The number of aryl methyl sites for hydroxylation is 1. The number of nitrogens with one attached hydrogen (secondary N) is 2. The van der Waals surface area contributed by atoms with E-state index in [9.17, 15) is 4.79 Å². The third kappa shape index (κ3) is 4.83. The molecule has 0 radical (unpaired) electrons. The minimum atomic E-state index is -0.0636. The maximum Gasteiger partial charge on any atom is 0.255 e. The molecule has 2 aromatic rings. The smallest absolute Gasteiger partial charge is 0.255 e. The van der Waals surface area contributed by atoms with Crippen LogP contribution in [0.25, 0.3) is 0 Å². The minimum absolute atomic E-state index is 0.0636. The van der Waals surface area contributed by atoms with E-state index in [0.717, 1.165) is 25.1 Å². The number of hydrogen-bond acceptors (Lipinski definition) is 3. The van der Waals surface area contributed by atoms with Crippen LogP contribution >= 0.6 is 0 Å². The summed E-state index contributed by atoms with van der Waals surface area (Å²) in [5, 5.41) is 6.38. The summed E-state index contributed by atoms with van der Waals surface area (Å²) in [7, 11) is 0. The molecular formula is C21H26N2O2. The van der Waals surface area contributed by atoms with Gasteiger partial charge in [0.1, 0.15) is 12.4 Å². The largest absolute Gasteiger partial charge is 0.488 e. The van der Waals surface area contributed by atoms with Gasteiger partial charge in [-0.05, 0) is 62.0 Å². The number of carbonyl (C=O) groups excluding carboxylic acids is 1. The summed E-state index contributed by atoms with van der Waals surface area (Å²) in [6.07, 6.45) is 2.22. The minimum Gasteiger partial charge on any atom is -0.488 e. The third-order valence-corrected chi connectivity index (χ3v) is 4.78. The monoisotopic (exact) mass is 338 g/mol. The Morgan fingerprint density at radius 1 is 1.20 bits per heavy atom. The van der Waals surface area contributed by atoms with E-state index in [0.29, 0.717) is 30.4 Å². The molecule has 0 aliphatic carbocycles. The quantitative estimate of drug-likeness (QED) is 0.814. The molecule has 4 nitrogen and oxygen atoms in total. The van der Waals surface area contributed by atoms with Crippen molar-refractivity contribution in [1.82, 2.24) is 10.6 Å². The predicted octanol–water partition coefficient (Wildman–Crippen LogP) is 3.30. The molecule has 0 spiro atoms. The van der Waals surface area contributed by atoms with E-state index in [-0.39, 0.29) is 5.91 Å². The maximum absolute atomic E-state index is 12.5. The molecule has 3 rings (SSSR count). The Balaban J connectivity index is 1.57. The summed E-state index contributed by atoms with van der Waals surface area (Å²) in [6.45, 7) is 5.39. The molecule has 0 bridgehead atoms. The summed E-state index contributed by atoms with van der Waals surface area (Å²) in [4.78, 5) is 12.5. The van der Waals surface area contributed by atoms with Crippen molar-refractivity contribution < 1.29 is 9.53 Å². The van der Waals surface area contributed by atoms with Crippen molar-refractivity contribution in [3.05, 3.63) is 65.2 Å². The first-order chi connectivity index (χ1) is 12.2. The zero-order valence-electron chi connectivity index (χ0n) is 14.8. The van der Waals surface area contributed by atoms with Gasteiger partial charge in [0, 0.05) is 6.54 Å². The highest BCUT2D eigenvalue weighted by Gasteiger charge is 2.16. The second-order valence-corrected chi connectivity index (χ2v) is 6.61. The van der Waals surface area contributed by atoms with Crippen LogP contribution < -0.4 is 15.4 Å². The van der Waals surface area contributed by atoms with E-state index in [4.69, 9.17) is 4.74 Å². The van der Waals surface area contributed by atoms with Crippen LogP contribution in [0.3, 0.4) is 0 Å². The first kappa shape index (κ1) is 17.5. The Morgan fingerprint density at radius 3 is 2.80 bits per heavy atom. The van der Waals surface area contributed by atoms with Gasteiger partial charge in [-0.25, -0.2) is 0 Å². The fourth-order valence-corrected chi connectivity index (χ4v) is 3.15. The number of benzene rings is 2. The second-order valence-electron chi connectivity index (χ2n) is 6.61. The summed E-state index contributed by atoms with van der Waals surface area (Å²) >= 11 is 0. The van der Waals surface area contributed by atoms with Crippen LogP contribution in [0.2, 0.25) is 0 Å². The normalized spacial score (nSPS) is 16.6. The van der Waals surface area contributed by atoms with Gasteiger partial charge in [0.05, 0.1) is 5.56 Å². The predicted molar refractivity (Wildman–Crippen MR) is 99.9 cm³/mol. The van der Waals surface area contributed by atoms with Crippen LogP contribution in [-0.4, -0.2) is 25.5 Å². The van der Waals surface area contributed by atoms with Crippen molar-refractivity contribution in [3.8, 4) is 5.75 Å². The van der Waals surface area contributed by atoms with Crippen LogP contribution in [0.5, 0.6) is 5.75 Å². The summed E-state index contributed by atoms with van der Waals surface area (Å²) in [5.74, 6) is 1.24. The number of para-hydroxylation sites is 1. The lowest BCUT2D eigenvalue weighted by Crippen LogP contribution is -2.26. The molecule has 1 amide bonds. The molecule has 1 fully saturated rings. The summed E-state index contributed by atoms with van der Waals surface area (Å²) in [6, 6.07) is 15.6. The number of carbonyl (C=O) groups is 1. The highest BCUT2D eigenvalue weighted by molar-refractivity contribution is 5.96. The van der Waals surface area contributed by atoms with E-state index in [1.807, 2.05) is 42.5 Å². The average molecular weight is 338 g/mol. The number of hydrogen-bond donors (Lipinski definition) is 2. The van der Waals surface area contributed by atoms with Gasteiger partial charge < -0.3 is 15.4 Å². The average Bonchev–Trinajstić information content (AvgIpc) is 3.15. The Morgan fingerprint density at radius 2 is 2.00 bits per heavy atom. The number of rotatable bonds is 7. The molecule has 4 heteroatoms. The summed E-state index contributed by atoms with van der Waals surface area (Å²) in [5.41, 5.74) is 2.92. The molecule has 0 aromatic heterocycles. The van der Waals surface area contributed by atoms with Crippen molar-refractivity contribution in [3.63, 3.8) is 0 Å². The Kier molecular flexibility index (Phi) is 6.07. The molecule has 1 aliphatic heterocycles. The Hall–Kier alpha value is -2.33. The molecule has 25 heavy (non-hydrogen) atoms. The Bertz CT molecular complexity index is 709. The highest BCUT2D eigenvalue weighted by atomic mass is 16.5. The van der Waals surface area contributed by atoms with Gasteiger partial charge in [-0.2, -0.15) is 0 Å². The van der Waals surface area contributed by atoms with E-state index < -0.39 is 0 Å². The first-order valence-electron chi connectivity index (χ1n) is 8.99. The van der Waals surface area contributed by atoms with Crippen molar-refractivity contribution in [2.45, 2.75) is 26.4 Å². The highest BCUT2D eigenvalue weighted by Crippen LogP contribution is 2.20. The number of amides is 1. The zero-order chi connectivity index (χ0) is 17.5. The van der Waals surface area contributed by atoms with Gasteiger partial charge >= 0.3 is 0 Å². The topological polar surface area (TPSA) is 50.4 Å². The van der Waals surface area contributed by atoms with E-state index in [1.54, 1.807) is 0 Å². The van der Waals surface area contributed by atoms with E-state index >= 15 is 0 Å². The fourth-order valence-electron chi connectivity index (χ4n) is 3.15. The van der Waals surface area contributed by atoms with Crippen LogP contribution in [0.1, 0.15) is 34.3 Å². The van der Waals surface area contributed by atoms with Gasteiger partial charge in [-0.1, -0.05) is 36.4 Å². The first-order valence-corrected chi connectivity index (χ1v) is 8.99. The van der Waals surface area contributed by atoms with Crippen molar-refractivity contribution in [1.29, 1.82) is 0 Å². The fraction of sp³-hybridized carbons (Fsp3) is 0.381. The second kappa shape index (κ2) is 8.67. The molecule has 1 atom stereocenters.